The van der Waals surface area contributed by atoms with Crippen molar-refractivity contribution in [3.05, 3.63) is 28.8 Å². The molecule has 0 heterocycles. The van der Waals surface area contributed by atoms with E-state index in [1.165, 1.54) is 7.05 Å². The number of hydrogen-bond donors (Lipinski definition) is 3. The van der Waals surface area contributed by atoms with Gasteiger partial charge in [-0.2, -0.15) is 4.99 Å². The Morgan fingerprint density at radius 2 is 2.00 bits per heavy atom. The first-order chi connectivity index (χ1) is 7.82. The van der Waals surface area contributed by atoms with Gasteiger partial charge in [0.15, 0.2) is 11.8 Å². The molecule has 17 heavy (non-hydrogen) atoms. The fourth-order valence-electron chi connectivity index (χ4n) is 1.16. The van der Waals surface area contributed by atoms with Gasteiger partial charge in [-0.25, -0.2) is 8.78 Å². The van der Waals surface area contributed by atoms with E-state index in [1.54, 1.807) is 0 Å². The van der Waals surface area contributed by atoms with Crippen LogP contribution in [0.15, 0.2) is 17.1 Å². The smallest absolute Gasteiger partial charge is 0.225 e. The molecule has 0 fully saturated rings. The lowest BCUT2D eigenvalue weighted by molar-refractivity contribution is 0.584. The highest BCUT2D eigenvalue weighted by atomic mass is 35.5. The minimum atomic E-state index is -0.909. The third-order valence-corrected chi connectivity index (χ3v) is 2.16. The number of nitrogens with zero attached hydrogens (tertiary/aromatic N) is 2. The number of benzene rings is 1. The summed E-state index contributed by atoms with van der Waals surface area (Å²) in [5, 5.41) is 7.29. The number of hydrogen-bond acceptors (Lipinski definition) is 1. The predicted molar refractivity (Wildman–Crippen MR) is 63.3 cm³/mol. The lowest BCUT2D eigenvalue weighted by atomic mass is 10.2. The molecule has 5 nitrogen and oxygen atoms in total. The summed E-state index contributed by atoms with van der Waals surface area (Å²) in [5.41, 5.74) is 9.99. The highest BCUT2D eigenvalue weighted by Gasteiger charge is 2.17. The van der Waals surface area contributed by atoms with Crippen molar-refractivity contribution in [3.63, 3.8) is 0 Å². The van der Waals surface area contributed by atoms with Gasteiger partial charge in [0.05, 0.1) is 10.7 Å². The van der Waals surface area contributed by atoms with Crippen LogP contribution in [0.5, 0.6) is 0 Å². The van der Waals surface area contributed by atoms with Crippen molar-refractivity contribution < 1.29 is 8.78 Å². The molecular weight excluding hydrogens is 252 g/mol. The van der Waals surface area contributed by atoms with Crippen molar-refractivity contribution >= 4 is 29.2 Å². The highest BCUT2D eigenvalue weighted by Crippen LogP contribution is 2.29. The number of nitrogens with two attached hydrogens (primary N) is 2. The van der Waals surface area contributed by atoms with E-state index in [0.29, 0.717) is 6.07 Å². The van der Waals surface area contributed by atoms with Crippen molar-refractivity contribution in [2.45, 2.75) is 0 Å². The summed E-state index contributed by atoms with van der Waals surface area (Å²) in [4.78, 5) is 4.42. The molecule has 0 aliphatic carbocycles. The Balaban J connectivity index is 3.17. The summed E-state index contributed by atoms with van der Waals surface area (Å²) in [6.07, 6.45) is 0. The van der Waals surface area contributed by atoms with E-state index in [9.17, 15) is 8.78 Å². The molecule has 1 aromatic rings. The van der Waals surface area contributed by atoms with Crippen LogP contribution < -0.4 is 16.4 Å². The maximum Gasteiger partial charge on any atom is 0.225 e. The zero-order chi connectivity index (χ0) is 13.2. The second-order valence-electron chi connectivity index (χ2n) is 3.14. The fraction of sp³-hybridized carbons (Fsp3) is 0.111. The van der Waals surface area contributed by atoms with Crippen molar-refractivity contribution in [2.24, 2.45) is 16.5 Å². The van der Waals surface area contributed by atoms with E-state index >= 15 is 0 Å². The van der Waals surface area contributed by atoms with Crippen molar-refractivity contribution in [2.75, 3.05) is 11.9 Å². The summed E-state index contributed by atoms with van der Waals surface area (Å²) >= 11 is 5.68. The molecule has 0 aliphatic rings. The minimum Gasteiger partial charge on any atom is -0.370 e. The molecule has 0 spiro atoms. The molecular formula is C9H10ClF2N5. The molecule has 5 N–H and O–H groups in total. The van der Waals surface area contributed by atoms with E-state index in [1.807, 2.05) is 0 Å². The number of guanidine groups is 2. The zero-order valence-electron chi connectivity index (χ0n) is 8.84. The molecule has 0 amide bonds. The van der Waals surface area contributed by atoms with Gasteiger partial charge in [0.25, 0.3) is 0 Å². The van der Waals surface area contributed by atoms with Gasteiger partial charge < -0.3 is 16.4 Å². The van der Waals surface area contributed by atoms with Crippen molar-refractivity contribution in [1.29, 1.82) is 5.41 Å². The number of halogens is 3. The van der Waals surface area contributed by atoms with E-state index in [-0.39, 0.29) is 16.7 Å². The molecule has 0 bridgehead atoms. The Morgan fingerprint density at radius 1 is 1.41 bits per heavy atom. The molecule has 92 valence electrons. The maximum absolute atomic E-state index is 13.5. The molecule has 8 heteroatoms. The average Bonchev–Trinajstić information content (AvgIpc) is 2.14. The van der Waals surface area contributed by atoms with Crippen LogP contribution in [0.1, 0.15) is 0 Å². The highest BCUT2D eigenvalue weighted by molar-refractivity contribution is 6.33. The normalized spacial score (nSPS) is 9.88. The van der Waals surface area contributed by atoms with Gasteiger partial charge in [-0.15, -0.1) is 0 Å². The topological polar surface area (TPSA) is 91.5 Å². The zero-order valence-corrected chi connectivity index (χ0v) is 9.59. The standard InChI is InChI=1S/C9H10ClF2N5/c1-17(9(15)16-8(13)14)7-5(10)2-4(11)3-6(7)12/h2-3H,1H3,(H5,13,14,15,16). The van der Waals surface area contributed by atoms with E-state index in [4.69, 9.17) is 28.5 Å². The first kappa shape index (κ1) is 13.2. The molecule has 0 saturated carbocycles. The first-order valence-corrected chi connectivity index (χ1v) is 4.77. The second-order valence-corrected chi connectivity index (χ2v) is 3.54. The number of nitrogens with one attached hydrogen (secondary N) is 1. The quantitative estimate of drug-likeness (QED) is 0.525. The Bertz CT molecular complexity index is 461. The van der Waals surface area contributed by atoms with Gasteiger partial charge in [-0.05, 0) is 6.07 Å². The first-order valence-electron chi connectivity index (χ1n) is 4.39. The van der Waals surface area contributed by atoms with Crippen LogP contribution in [0.25, 0.3) is 0 Å². The third kappa shape index (κ3) is 3.04. The lowest BCUT2D eigenvalue weighted by Gasteiger charge is -2.19. The van der Waals surface area contributed by atoms with Gasteiger partial charge in [0.1, 0.15) is 5.82 Å². The number of anilines is 1. The van der Waals surface area contributed by atoms with Crippen LogP contribution in [0, 0.1) is 17.0 Å². The van der Waals surface area contributed by atoms with Crippen LogP contribution in [0.4, 0.5) is 14.5 Å². The summed E-state index contributed by atoms with van der Waals surface area (Å²) in [6, 6.07) is 1.58. The Labute approximate surface area is 101 Å². The van der Waals surface area contributed by atoms with E-state index in [2.05, 4.69) is 4.99 Å². The maximum atomic E-state index is 13.5. The molecule has 0 unspecified atom stereocenters. The van der Waals surface area contributed by atoms with Crippen LogP contribution in [-0.2, 0) is 0 Å². The number of rotatable bonds is 1. The van der Waals surface area contributed by atoms with Crippen LogP contribution in [-0.4, -0.2) is 19.0 Å². The molecule has 0 atom stereocenters. The second kappa shape index (κ2) is 4.96. The SMILES string of the molecule is CN(C(=N)N=C(N)N)c1c(F)cc(F)cc1Cl. The van der Waals surface area contributed by atoms with Crippen LogP contribution >= 0.6 is 11.6 Å². The summed E-state index contributed by atoms with van der Waals surface area (Å²) in [7, 11) is 1.33. The van der Waals surface area contributed by atoms with Crippen molar-refractivity contribution in [1.82, 2.24) is 0 Å². The largest absolute Gasteiger partial charge is 0.370 e. The van der Waals surface area contributed by atoms with Gasteiger partial charge in [-0.3, -0.25) is 5.41 Å². The monoisotopic (exact) mass is 261 g/mol. The summed E-state index contributed by atoms with van der Waals surface area (Å²) in [6.45, 7) is 0. The van der Waals surface area contributed by atoms with E-state index in [0.717, 1.165) is 11.0 Å². The predicted octanol–water partition coefficient (Wildman–Crippen LogP) is 1.26. The van der Waals surface area contributed by atoms with Gasteiger partial charge in [0.2, 0.25) is 5.96 Å². The fourth-order valence-corrected chi connectivity index (χ4v) is 1.48. The molecule has 0 radical (unpaired) electrons. The summed E-state index contributed by atoms with van der Waals surface area (Å²) < 4.78 is 26.3. The molecule has 0 aromatic heterocycles. The van der Waals surface area contributed by atoms with Gasteiger partial charge >= 0.3 is 0 Å². The Kier molecular flexibility index (Phi) is 3.84. The lowest BCUT2D eigenvalue weighted by Crippen LogP contribution is -2.31. The number of aliphatic imine (C=N–C) groups is 1. The third-order valence-electron chi connectivity index (χ3n) is 1.87. The minimum absolute atomic E-state index is 0.178. The average molecular weight is 262 g/mol. The molecule has 0 saturated heterocycles. The molecule has 1 aromatic carbocycles. The van der Waals surface area contributed by atoms with Crippen LogP contribution in [0.2, 0.25) is 5.02 Å². The van der Waals surface area contributed by atoms with Crippen LogP contribution in [0.3, 0.4) is 0 Å². The van der Waals surface area contributed by atoms with E-state index < -0.39 is 17.6 Å². The summed E-state index contributed by atoms with van der Waals surface area (Å²) in [5.74, 6) is -2.48. The Morgan fingerprint density at radius 3 is 2.47 bits per heavy atom. The molecule has 0 aliphatic heterocycles. The van der Waals surface area contributed by atoms with Crippen molar-refractivity contribution in [3.8, 4) is 0 Å². The van der Waals surface area contributed by atoms with Gasteiger partial charge in [0, 0.05) is 13.1 Å². The van der Waals surface area contributed by atoms with Gasteiger partial charge in [-0.1, -0.05) is 11.6 Å². The molecule has 1 rings (SSSR count). The Hall–Kier alpha value is -1.89.